The summed E-state index contributed by atoms with van der Waals surface area (Å²) in [5.41, 5.74) is 0. The fourth-order valence-corrected chi connectivity index (χ4v) is 0.900. The van der Waals surface area contributed by atoms with Crippen molar-refractivity contribution in [2.24, 2.45) is 0 Å². The monoisotopic (exact) mass is 179 g/mol. The molecule has 0 spiro atoms. The predicted molar refractivity (Wildman–Crippen MR) is 50.5 cm³/mol. The molecule has 70 valence electrons. The molecular weight excluding hydrogens is 166 g/mol. The van der Waals surface area contributed by atoms with E-state index in [1.54, 1.807) is 12.4 Å². The molecule has 0 aromatic carbocycles. The summed E-state index contributed by atoms with van der Waals surface area (Å²) in [6.07, 6.45) is 9.50. The number of amides is 1. The fourth-order valence-electron chi connectivity index (χ4n) is 0.900. The van der Waals surface area contributed by atoms with Gasteiger partial charge in [0.25, 0.3) is 0 Å². The zero-order chi connectivity index (χ0) is 9.52. The van der Waals surface area contributed by atoms with E-state index in [4.69, 9.17) is 0 Å². The molecule has 0 aliphatic heterocycles. The van der Waals surface area contributed by atoms with Crippen molar-refractivity contribution in [2.75, 3.05) is 6.54 Å². The third-order valence-electron chi connectivity index (χ3n) is 1.56. The maximum atomic E-state index is 11.3. The molecule has 1 aromatic heterocycles. The highest BCUT2D eigenvalue weighted by molar-refractivity contribution is 5.76. The Morgan fingerprint density at radius 1 is 1.69 bits per heavy atom. The number of nitrogens with one attached hydrogen (secondary N) is 1. The molecule has 1 amide bonds. The van der Waals surface area contributed by atoms with Gasteiger partial charge in [0.1, 0.15) is 6.33 Å². The molecule has 4 heteroatoms. The number of carbonyl (C=O) groups excluding carboxylic acids is 1. The Balaban J connectivity index is 2.27. The second-order valence-corrected chi connectivity index (χ2v) is 2.56. The molecule has 0 bridgehead atoms. The minimum Gasteiger partial charge on any atom is -0.337 e. The van der Waals surface area contributed by atoms with Gasteiger partial charge < -0.3 is 5.32 Å². The molecule has 0 atom stereocenters. The smallest absolute Gasteiger partial charge is 0.326 e. The second kappa shape index (κ2) is 5.13. The highest BCUT2D eigenvalue weighted by atomic mass is 16.2. The van der Waals surface area contributed by atoms with Crippen molar-refractivity contribution in [3.05, 3.63) is 30.9 Å². The Hall–Kier alpha value is -1.58. The molecule has 0 saturated heterocycles. The van der Waals surface area contributed by atoms with Gasteiger partial charge in [0, 0.05) is 18.9 Å². The molecule has 13 heavy (non-hydrogen) atoms. The van der Waals surface area contributed by atoms with E-state index in [2.05, 4.69) is 10.3 Å². The Bertz CT molecular complexity index is 277. The average molecular weight is 179 g/mol. The summed E-state index contributed by atoms with van der Waals surface area (Å²) in [6.45, 7) is 2.61. The van der Waals surface area contributed by atoms with Gasteiger partial charge in [-0.2, -0.15) is 0 Å². The lowest BCUT2D eigenvalue weighted by Gasteiger charge is -2.02. The van der Waals surface area contributed by atoms with Crippen LogP contribution < -0.4 is 5.32 Å². The van der Waals surface area contributed by atoms with Crippen molar-refractivity contribution < 1.29 is 4.79 Å². The highest BCUT2D eigenvalue weighted by Crippen LogP contribution is 1.85. The first kappa shape index (κ1) is 9.51. The van der Waals surface area contributed by atoms with Crippen LogP contribution in [-0.4, -0.2) is 22.1 Å². The average Bonchev–Trinajstić information content (AvgIpc) is 2.65. The van der Waals surface area contributed by atoms with Gasteiger partial charge in [-0.1, -0.05) is 12.2 Å². The van der Waals surface area contributed by atoms with E-state index in [0.717, 1.165) is 6.42 Å². The number of aromatic nitrogens is 2. The van der Waals surface area contributed by atoms with Crippen LogP contribution in [0.15, 0.2) is 30.9 Å². The Morgan fingerprint density at radius 3 is 3.15 bits per heavy atom. The topological polar surface area (TPSA) is 46.9 Å². The van der Waals surface area contributed by atoms with E-state index in [0.29, 0.717) is 6.54 Å². The zero-order valence-electron chi connectivity index (χ0n) is 7.60. The first-order valence-electron chi connectivity index (χ1n) is 4.22. The van der Waals surface area contributed by atoms with Crippen LogP contribution in [-0.2, 0) is 0 Å². The van der Waals surface area contributed by atoms with Crippen LogP contribution in [0, 0.1) is 0 Å². The van der Waals surface area contributed by atoms with Crippen molar-refractivity contribution in [3.63, 3.8) is 0 Å². The molecule has 0 aliphatic rings. The third-order valence-corrected chi connectivity index (χ3v) is 1.56. The first-order valence-corrected chi connectivity index (χ1v) is 4.22. The molecule has 0 unspecified atom stereocenters. The number of hydrogen-bond donors (Lipinski definition) is 1. The van der Waals surface area contributed by atoms with Gasteiger partial charge in [0.2, 0.25) is 0 Å². The molecular formula is C9H13N3O. The van der Waals surface area contributed by atoms with Crippen LogP contribution in [0.4, 0.5) is 4.79 Å². The van der Waals surface area contributed by atoms with Crippen molar-refractivity contribution in [2.45, 2.75) is 13.3 Å². The Kier molecular flexibility index (Phi) is 3.75. The van der Waals surface area contributed by atoms with Crippen molar-refractivity contribution in [1.29, 1.82) is 0 Å². The van der Waals surface area contributed by atoms with Gasteiger partial charge >= 0.3 is 6.03 Å². The van der Waals surface area contributed by atoms with Crippen molar-refractivity contribution in [3.8, 4) is 0 Å². The number of allylic oxidation sites excluding steroid dienone is 1. The van der Waals surface area contributed by atoms with Crippen LogP contribution in [0.5, 0.6) is 0 Å². The van der Waals surface area contributed by atoms with Crippen molar-refractivity contribution >= 4 is 6.03 Å². The number of imidazole rings is 1. The number of rotatable bonds is 3. The molecule has 0 fully saturated rings. The van der Waals surface area contributed by atoms with E-state index in [1.807, 2.05) is 19.1 Å². The van der Waals surface area contributed by atoms with Gasteiger partial charge in [-0.3, -0.25) is 4.57 Å². The number of carbonyl (C=O) groups is 1. The molecule has 1 heterocycles. The summed E-state index contributed by atoms with van der Waals surface area (Å²) < 4.78 is 1.41. The first-order chi connectivity index (χ1) is 6.34. The summed E-state index contributed by atoms with van der Waals surface area (Å²) in [6, 6.07) is -0.137. The normalized spacial score (nSPS) is 10.5. The zero-order valence-corrected chi connectivity index (χ0v) is 7.60. The third kappa shape index (κ3) is 3.11. The van der Waals surface area contributed by atoms with Gasteiger partial charge in [0.15, 0.2) is 0 Å². The van der Waals surface area contributed by atoms with Crippen LogP contribution in [0.1, 0.15) is 13.3 Å². The number of nitrogens with zero attached hydrogens (tertiary/aromatic N) is 2. The van der Waals surface area contributed by atoms with E-state index < -0.39 is 0 Å². The molecule has 1 aromatic rings. The van der Waals surface area contributed by atoms with Gasteiger partial charge in [-0.15, -0.1) is 0 Å². The molecule has 0 saturated carbocycles. The summed E-state index contributed by atoms with van der Waals surface area (Å²) in [4.78, 5) is 15.0. The second-order valence-electron chi connectivity index (χ2n) is 2.56. The lowest BCUT2D eigenvalue weighted by Crippen LogP contribution is -2.28. The SMILES string of the molecule is C/C=C/CCNC(=O)n1ccnc1. The largest absolute Gasteiger partial charge is 0.337 e. The quantitative estimate of drug-likeness (QED) is 0.563. The Labute approximate surface area is 77.3 Å². The minimum absolute atomic E-state index is 0.137. The van der Waals surface area contributed by atoms with Gasteiger partial charge in [-0.05, 0) is 13.3 Å². The highest BCUT2D eigenvalue weighted by Gasteiger charge is 1.99. The molecule has 4 nitrogen and oxygen atoms in total. The molecule has 1 rings (SSSR count). The lowest BCUT2D eigenvalue weighted by atomic mass is 10.4. The standard InChI is InChI=1S/C9H13N3O/c1-2-3-4-5-11-9(13)12-7-6-10-8-12/h2-3,6-8H,4-5H2,1H3,(H,11,13)/b3-2+. The summed E-state index contributed by atoms with van der Waals surface area (Å²) in [7, 11) is 0. The van der Waals surface area contributed by atoms with E-state index in [-0.39, 0.29) is 6.03 Å². The summed E-state index contributed by atoms with van der Waals surface area (Å²) >= 11 is 0. The Morgan fingerprint density at radius 2 is 2.54 bits per heavy atom. The van der Waals surface area contributed by atoms with Crippen LogP contribution >= 0.6 is 0 Å². The van der Waals surface area contributed by atoms with E-state index in [9.17, 15) is 4.79 Å². The lowest BCUT2D eigenvalue weighted by molar-refractivity contribution is 0.242. The van der Waals surface area contributed by atoms with Crippen molar-refractivity contribution in [1.82, 2.24) is 14.9 Å². The van der Waals surface area contributed by atoms with Gasteiger partial charge in [0.05, 0.1) is 0 Å². The molecule has 0 radical (unpaired) electrons. The predicted octanol–water partition coefficient (Wildman–Crippen LogP) is 1.41. The van der Waals surface area contributed by atoms with E-state index in [1.165, 1.54) is 10.9 Å². The van der Waals surface area contributed by atoms with Crippen LogP contribution in [0.3, 0.4) is 0 Å². The maximum absolute atomic E-state index is 11.3. The minimum atomic E-state index is -0.137. The van der Waals surface area contributed by atoms with Crippen LogP contribution in [0.25, 0.3) is 0 Å². The fraction of sp³-hybridized carbons (Fsp3) is 0.333. The molecule has 1 N–H and O–H groups in total. The van der Waals surface area contributed by atoms with Gasteiger partial charge in [-0.25, -0.2) is 9.78 Å². The maximum Gasteiger partial charge on any atom is 0.326 e. The van der Waals surface area contributed by atoms with E-state index >= 15 is 0 Å². The molecule has 0 aliphatic carbocycles. The van der Waals surface area contributed by atoms with Crippen LogP contribution in [0.2, 0.25) is 0 Å². The summed E-state index contributed by atoms with van der Waals surface area (Å²) in [5, 5.41) is 2.75. The summed E-state index contributed by atoms with van der Waals surface area (Å²) in [5.74, 6) is 0. The number of hydrogen-bond acceptors (Lipinski definition) is 2.